The number of hydrogen-bond acceptors (Lipinski definition) is 7. The van der Waals surface area contributed by atoms with E-state index < -0.39 is 10.0 Å². The summed E-state index contributed by atoms with van der Waals surface area (Å²) in [5, 5.41) is 8.88. The molecule has 0 radical (unpaired) electrons. The van der Waals surface area contributed by atoms with Crippen LogP contribution in [0.3, 0.4) is 0 Å². The van der Waals surface area contributed by atoms with Gasteiger partial charge in [-0.05, 0) is 55.0 Å². The molecule has 10 heteroatoms. The highest BCUT2D eigenvalue weighted by molar-refractivity contribution is 7.93. The van der Waals surface area contributed by atoms with Crippen LogP contribution in [-0.4, -0.2) is 43.3 Å². The first kappa shape index (κ1) is 21.5. The van der Waals surface area contributed by atoms with E-state index in [2.05, 4.69) is 15.5 Å². The first-order valence-electron chi connectivity index (χ1n) is 10.3. The summed E-state index contributed by atoms with van der Waals surface area (Å²) in [4.78, 5) is 17.7. The lowest BCUT2D eigenvalue weighted by atomic mass is 10.1. The summed E-state index contributed by atoms with van der Waals surface area (Å²) in [6.07, 6.45) is 4.03. The number of nitrogens with zero attached hydrogens (tertiary/aromatic N) is 3. The van der Waals surface area contributed by atoms with E-state index in [1.807, 2.05) is 17.5 Å². The zero-order valence-corrected chi connectivity index (χ0v) is 18.6. The summed E-state index contributed by atoms with van der Waals surface area (Å²) in [6.45, 7) is 1.07. The monoisotopic (exact) mass is 460 g/mol. The topological polar surface area (TPSA) is 105 Å². The molecular weight excluding hydrogens is 436 g/mol. The van der Waals surface area contributed by atoms with Crippen LogP contribution in [0.5, 0.6) is 0 Å². The van der Waals surface area contributed by atoms with Crippen LogP contribution in [0.25, 0.3) is 10.7 Å². The van der Waals surface area contributed by atoms with E-state index in [1.165, 1.54) is 4.31 Å². The Morgan fingerprint density at radius 3 is 2.71 bits per heavy atom. The van der Waals surface area contributed by atoms with Crippen molar-refractivity contribution >= 4 is 33.0 Å². The molecule has 0 unspecified atom stereocenters. The molecule has 4 rings (SSSR count). The third-order valence-corrected chi connectivity index (χ3v) is 7.81. The maximum absolute atomic E-state index is 12.3. The molecule has 8 nitrogen and oxygen atoms in total. The van der Waals surface area contributed by atoms with Crippen LogP contribution in [-0.2, 0) is 16.4 Å². The fourth-order valence-electron chi connectivity index (χ4n) is 3.45. The van der Waals surface area contributed by atoms with Crippen molar-refractivity contribution in [2.24, 2.45) is 0 Å². The van der Waals surface area contributed by atoms with Crippen molar-refractivity contribution in [1.29, 1.82) is 0 Å². The lowest BCUT2D eigenvalue weighted by Crippen LogP contribution is -2.26. The largest absolute Gasteiger partial charge is 0.352 e. The Morgan fingerprint density at radius 1 is 1.16 bits per heavy atom. The molecule has 164 valence electrons. The van der Waals surface area contributed by atoms with Gasteiger partial charge in [-0.15, -0.1) is 11.3 Å². The van der Waals surface area contributed by atoms with Crippen molar-refractivity contribution in [3.63, 3.8) is 0 Å². The molecule has 1 N–H and O–H groups in total. The molecule has 1 fully saturated rings. The Labute approximate surface area is 185 Å². The molecule has 1 saturated heterocycles. The van der Waals surface area contributed by atoms with E-state index in [-0.39, 0.29) is 11.7 Å². The van der Waals surface area contributed by atoms with Gasteiger partial charge in [-0.2, -0.15) is 4.98 Å². The average Bonchev–Trinajstić information content (AvgIpc) is 3.51. The minimum atomic E-state index is -3.21. The van der Waals surface area contributed by atoms with Gasteiger partial charge in [0.05, 0.1) is 16.3 Å². The number of nitrogens with one attached hydrogen (secondary N) is 1. The van der Waals surface area contributed by atoms with E-state index in [9.17, 15) is 13.2 Å². The normalized spacial score (nSPS) is 15.3. The van der Waals surface area contributed by atoms with Crippen LogP contribution in [0.1, 0.15) is 41.9 Å². The SMILES string of the molecule is O=C(NCCCCCc1nc(-c2cccs2)no1)c1ccc(N2CCCS2(=O)=O)cc1. The van der Waals surface area contributed by atoms with Crippen molar-refractivity contribution in [2.75, 3.05) is 23.1 Å². The van der Waals surface area contributed by atoms with Crippen molar-refractivity contribution in [1.82, 2.24) is 15.5 Å². The second-order valence-corrected chi connectivity index (χ2v) is 10.3. The van der Waals surface area contributed by atoms with Crippen LogP contribution in [0.15, 0.2) is 46.3 Å². The number of anilines is 1. The summed E-state index contributed by atoms with van der Waals surface area (Å²) >= 11 is 1.58. The Balaban J connectivity index is 1.16. The van der Waals surface area contributed by atoms with Gasteiger partial charge < -0.3 is 9.84 Å². The highest BCUT2D eigenvalue weighted by Gasteiger charge is 2.28. The molecule has 0 aliphatic carbocycles. The predicted octanol–water partition coefficient (Wildman–Crippen LogP) is 3.48. The number of rotatable bonds is 9. The molecular formula is C21H24N4O4S2. The quantitative estimate of drug-likeness (QED) is 0.490. The molecule has 1 amide bonds. The standard InChI is InChI=1S/C21H24N4O4S2/c26-21(16-8-10-17(11-9-16)25-13-5-15-31(25,27)28)22-12-3-1-2-7-19-23-20(24-29-19)18-6-4-14-30-18/h4,6,8-11,14H,1-3,5,7,12-13,15H2,(H,22,26). The number of aromatic nitrogens is 2. The molecule has 1 aromatic carbocycles. The van der Waals surface area contributed by atoms with Crippen molar-refractivity contribution < 1.29 is 17.7 Å². The maximum atomic E-state index is 12.3. The second-order valence-electron chi connectivity index (χ2n) is 7.34. The fraction of sp³-hybridized carbons (Fsp3) is 0.381. The van der Waals surface area contributed by atoms with Gasteiger partial charge in [-0.1, -0.05) is 17.6 Å². The molecule has 31 heavy (non-hydrogen) atoms. The van der Waals surface area contributed by atoms with E-state index in [4.69, 9.17) is 4.52 Å². The number of carbonyl (C=O) groups excluding carboxylic acids is 1. The molecule has 3 aromatic rings. The van der Waals surface area contributed by atoms with Crippen molar-refractivity contribution in [3.05, 3.63) is 53.2 Å². The van der Waals surface area contributed by atoms with Crippen LogP contribution in [0, 0.1) is 0 Å². The van der Waals surface area contributed by atoms with Gasteiger partial charge in [0.25, 0.3) is 5.91 Å². The van der Waals surface area contributed by atoms with Gasteiger partial charge in [-0.3, -0.25) is 9.10 Å². The van der Waals surface area contributed by atoms with Gasteiger partial charge in [-0.25, -0.2) is 8.42 Å². The van der Waals surface area contributed by atoms with Gasteiger partial charge in [0.1, 0.15) is 0 Å². The van der Waals surface area contributed by atoms with Crippen LogP contribution in [0.2, 0.25) is 0 Å². The third kappa shape index (κ3) is 5.31. The molecule has 0 atom stereocenters. The Morgan fingerprint density at radius 2 is 2.00 bits per heavy atom. The zero-order valence-electron chi connectivity index (χ0n) is 17.0. The average molecular weight is 461 g/mol. The number of sulfonamides is 1. The number of hydrogen-bond donors (Lipinski definition) is 1. The molecule has 0 saturated carbocycles. The molecule has 0 spiro atoms. The maximum Gasteiger partial charge on any atom is 0.251 e. The van der Waals surface area contributed by atoms with E-state index in [0.29, 0.717) is 48.9 Å². The van der Waals surface area contributed by atoms with Gasteiger partial charge in [0.2, 0.25) is 21.7 Å². The highest BCUT2D eigenvalue weighted by atomic mass is 32.2. The molecule has 2 aromatic heterocycles. The number of unbranched alkanes of at least 4 members (excludes halogenated alkanes) is 2. The summed E-state index contributed by atoms with van der Waals surface area (Å²) in [6, 6.07) is 10.6. The summed E-state index contributed by atoms with van der Waals surface area (Å²) in [7, 11) is -3.21. The number of carbonyl (C=O) groups is 1. The third-order valence-electron chi connectivity index (χ3n) is 5.08. The van der Waals surface area contributed by atoms with Crippen LogP contribution >= 0.6 is 11.3 Å². The fourth-order valence-corrected chi connectivity index (χ4v) is 5.67. The minimum Gasteiger partial charge on any atom is -0.352 e. The first-order valence-corrected chi connectivity index (χ1v) is 12.8. The highest BCUT2D eigenvalue weighted by Crippen LogP contribution is 2.24. The van der Waals surface area contributed by atoms with Gasteiger partial charge in [0, 0.05) is 25.1 Å². The van der Waals surface area contributed by atoms with Crippen molar-refractivity contribution in [2.45, 2.75) is 32.1 Å². The number of aryl methyl sites for hydroxylation is 1. The second kappa shape index (κ2) is 9.61. The van der Waals surface area contributed by atoms with Crippen molar-refractivity contribution in [3.8, 4) is 10.7 Å². The van der Waals surface area contributed by atoms with Crippen LogP contribution < -0.4 is 9.62 Å². The number of amides is 1. The minimum absolute atomic E-state index is 0.159. The first-order chi connectivity index (χ1) is 15.0. The van der Waals surface area contributed by atoms with E-state index >= 15 is 0 Å². The molecule has 3 heterocycles. The Hall–Kier alpha value is -2.72. The summed E-state index contributed by atoms with van der Waals surface area (Å²) in [5.41, 5.74) is 1.13. The number of thiophene rings is 1. The van der Waals surface area contributed by atoms with Gasteiger partial charge >= 0.3 is 0 Å². The molecule has 1 aliphatic rings. The van der Waals surface area contributed by atoms with Gasteiger partial charge in [0.15, 0.2) is 0 Å². The van der Waals surface area contributed by atoms with E-state index in [0.717, 1.165) is 24.1 Å². The Kier molecular flexibility index (Phi) is 6.67. The summed E-state index contributed by atoms with van der Waals surface area (Å²) < 4.78 is 30.7. The summed E-state index contributed by atoms with van der Waals surface area (Å²) in [5.74, 6) is 1.28. The molecule has 1 aliphatic heterocycles. The zero-order chi connectivity index (χ0) is 21.7. The Bertz CT molecular complexity index is 1110. The van der Waals surface area contributed by atoms with Crippen LogP contribution in [0.4, 0.5) is 5.69 Å². The lowest BCUT2D eigenvalue weighted by Gasteiger charge is -2.17. The van der Waals surface area contributed by atoms with E-state index in [1.54, 1.807) is 35.6 Å². The number of benzene rings is 1. The molecule has 0 bridgehead atoms. The predicted molar refractivity (Wildman–Crippen MR) is 120 cm³/mol. The lowest BCUT2D eigenvalue weighted by molar-refractivity contribution is 0.0953. The smallest absolute Gasteiger partial charge is 0.251 e.